The maximum atomic E-state index is 12.4. The van der Waals surface area contributed by atoms with Gasteiger partial charge in [0, 0.05) is 21.8 Å². The standard InChI is InChI=1S/C16H13ClO3S/c1-19-10-4-3-9-5-13(18)11-7-12(17)14(20-2)8-16(11)21-15(9)6-10/h3-4,6-8H,5H2,1-2H3. The molecule has 0 amide bonds. The lowest BCUT2D eigenvalue weighted by molar-refractivity contribution is 0.0990. The van der Waals surface area contributed by atoms with Crippen LogP contribution < -0.4 is 9.47 Å². The van der Waals surface area contributed by atoms with Gasteiger partial charge in [0.1, 0.15) is 11.5 Å². The lowest BCUT2D eigenvalue weighted by Crippen LogP contribution is -2.03. The molecule has 108 valence electrons. The molecule has 2 aromatic rings. The molecule has 3 nitrogen and oxygen atoms in total. The van der Waals surface area contributed by atoms with Crippen molar-refractivity contribution in [2.75, 3.05) is 14.2 Å². The number of benzene rings is 2. The van der Waals surface area contributed by atoms with Gasteiger partial charge in [0.05, 0.1) is 19.2 Å². The van der Waals surface area contributed by atoms with Gasteiger partial charge in [-0.2, -0.15) is 0 Å². The normalized spacial score (nSPS) is 13.2. The zero-order valence-electron chi connectivity index (χ0n) is 11.6. The number of ketones is 1. The van der Waals surface area contributed by atoms with Crippen molar-refractivity contribution < 1.29 is 14.3 Å². The largest absolute Gasteiger partial charge is 0.497 e. The second kappa shape index (κ2) is 5.62. The van der Waals surface area contributed by atoms with Crippen LogP contribution >= 0.6 is 23.4 Å². The summed E-state index contributed by atoms with van der Waals surface area (Å²) in [6, 6.07) is 9.26. The van der Waals surface area contributed by atoms with Crippen molar-refractivity contribution in [2.45, 2.75) is 16.2 Å². The topological polar surface area (TPSA) is 35.5 Å². The Kier molecular flexibility index (Phi) is 3.83. The van der Waals surface area contributed by atoms with Crippen LogP contribution in [-0.2, 0) is 6.42 Å². The van der Waals surface area contributed by atoms with E-state index in [9.17, 15) is 4.79 Å². The number of hydrogen-bond donors (Lipinski definition) is 0. The highest BCUT2D eigenvalue weighted by atomic mass is 35.5. The number of rotatable bonds is 2. The number of methoxy groups -OCH3 is 2. The summed E-state index contributed by atoms with van der Waals surface area (Å²) in [6.07, 6.45) is 0.363. The molecule has 1 heterocycles. The van der Waals surface area contributed by atoms with E-state index in [0.717, 1.165) is 21.1 Å². The van der Waals surface area contributed by atoms with Crippen LogP contribution in [0.4, 0.5) is 0 Å². The molecule has 0 saturated heterocycles. The van der Waals surface area contributed by atoms with Gasteiger partial charge in [-0.25, -0.2) is 0 Å². The quantitative estimate of drug-likeness (QED) is 0.828. The Labute approximate surface area is 132 Å². The Morgan fingerprint density at radius 3 is 2.62 bits per heavy atom. The fraction of sp³-hybridized carbons (Fsp3) is 0.188. The highest BCUT2D eigenvalue weighted by molar-refractivity contribution is 7.99. The minimum Gasteiger partial charge on any atom is -0.497 e. The molecule has 1 aliphatic rings. The Morgan fingerprint density at radius 1 is 1.10 bits per heavy atom. The first-order chi connectivity index (χ1) is 10.1. The van der Waals surface area contributed by atoms with Gasteiger partial charge in [0.2, 0.25) is 0 Å². The number of hydrogen-bond acceptors (Lipinski definition) is 4. The van der Waals surface area contributed by atoms with Gasteiger partial charge >= 0.3 is 0 Å². The van der Waals surface area contributed by atoms with Crippen molar-refractivity contribution in [3.63, 3.8) is 0 Å². The first-order valence-corrected chi connectivity index (χ1v) is 7.57. The van der Waals surface area contributed by atoms with Crippen molar-refractivity contribution >= 4 is 29.1 Å². The van der Waals surface area contributed by atoms with E-state index in [1.165, 1.54) is 11.8 Å². The zero-order chi connectivity index (χ0) is 15.0. The molecule has 0 radical (unpaired) electrons. The summed E-state index contributed by atoms with van der Waals surface area (Å²) in [5, 5.41) is 0.453. The number of halogens is 1. The highest BCUT2D eigenvalue weighted by Gasteiger charge is 2.22. The minimum absolute atomic E-state index is 0.0611. The zero-order valence-corrected chi connectivity index (χ0v) is 13.2. The molecule has 0 aromatic heterocycles. The molecule has 0 fully saturated rings. The van der Waals surface area contributed by atoms with Crippen LogP contribution in [0.1, 0.15) is 15.9 Å². The van der Waals surface area contributed by atoms with Crippen molar-refractivity contribution in [1.82, 2.24) is 0 Å². The van der Waals surface area contributed by atoms with E-state index in [1.54, 1.807) is 20.3 Å². The average molecular weight is 321 g/mol. The molecule has 0 atom stereocenters. The molecular formula is C16H13ClO3S. The van der Waals surface area contributed by atoms with Crippen molar-refractivity contribution in [1.29, 1.82) is 0 Å². The van der Waals surface area contributed by atoms with E-state index in [1.807, 2.05) is 24.3 Å². The summed E-state index contributed by atoms with van der Waals surface area (Å²) in [5.41, 5.74) is 1.64. The van der Waals surface area contributed by atoms with E-state index >= 15 is 0 Å². The molecule has 21 heavy (non-hydrogen) atoms. The van der Waals surface area contributed by atoms with Gasteiger partial charge in [-0.05, 0) is 29.8 Å². The molecule has 2 aromatic carbocycles. The molecule has 0 N–H and O–H groups in total. The predicted molar refractivity (Wildman–Crippen MR) is 83.2 cm³/mol. The summed E-state index contributed by atoms with van der Waals surface area (Å²) >= 11 is 7.67. The van der Waals surface area contributed by atoms with Gasteiger partial charge < -0.3 is 9.47 Å². The van der Waals surface area contributed by atoms with Gasteiger partial charge in [-0.3, -0.25) is 4.79 Å². The second-order valence-electron chi connectivity index (χ2n) is 4.66. The fourth-order valence-electron chi connectivity index (χ4n) is 2.28. The molecule has 0 unspecified atom stereocenters. The number of Topliss-reactive ketones (excluding diaryl/α,β-unsaturated/α-hetero) is 1. The van der Waals surface area contributed by atoms with E-state index in [4.69, 9.17) is 21.1 Å². The number of carbonyl (C=O) groups excluding carboxylic acids is 1. The van der Waals surface area contributed by atoms with E-state index in [-0.39, 0.29) is 5.78 Å². The van der Waals surface area contributed by atoms with Gasteiger partial charge in [-0.1, -0.05) is 29.4 Å². The summed E-state index contributed by atoms with van der Waals surface area (Å²) in [4.78, 5) is 14.3. The van der Waals surface area contributed by atoms with Crippen LogP contribution in [0.5, 0.6) is 11.5 Å². The molecule has 0 bridgehead atoms. The number of fused-ring (bicyclic) bond motifs is 2. The Morgan fingerprint density at radius 2 is 1.90 bits per heavy atom. The Balaban J connectivity index is 2.14. The molecule has 0 aliphatic carbocycles. The maximum Gasteiger partial charge on any atom is 0.168 e. The van der Waals surface area contributed by atoms with Crippen molar-refractivity contribution in [3.8, 4) is 11.5 Å². The third-order valence-electron chi connectivity index (χ3n) is 3.40. The summed E-state index contributed by atoms with van der Waals surface area (Å²) < 4.78 is 10.5. The second-order valence-corrected chi connectivity index (χ2v) is 6.15. The smallest absolute Gasteiger partial charge is 0.168 e. The molecule has 1 aliphatic heterocycles. The van der Waals surface area contributed by atoms with Crippen molar-refractivity contribution in [2.24, 2.45) is 0 Å². The summed E-state index contributed by atoms with van der Waals surface area (Å²) in [6.45, 7) is 0. The number of ether oxygens (including phenoxy) is 2. The highest BCUT2D eigenvalue weighted by Crippen LogP contribution is 2.42. The van der Waals surface area contributed by atoms with Crippen LogP contribution in [0.3, 0.4) is 0 Å². The van der Waals surface area contributed by atoms with Gasteiger partial charge in [0.15, 0.2) is 5.78 Å². The molecular weight excluding hydrogens is 308 g/mol. The first-order valence-electron chi connectivity index (χ1n) is 6.38. The van der Waals surface area contributed by atoms with Crippen LogP contribution in [0, 0.1) is 0 Å². The predicted octanol–water partition coefficient (Wildman–Crippen LogP) is 4.25. The lowest BCUT2D eigenvalue weighted by Gasteiger charge is -2.09. The lowest BCUT2D eigenvalue weighted by atomic mass is 10.0. The van der Waals surface area contributed by atoms with Crippen molar-refractivity contribution in [3.05, 3.63) is 46.5 Å². The molecule has 0 spiro atoms. The first kappa shape index (κ1) is 14.3. The molecule has 0 saturated carbocycles. The summed E-state index contributed by atoms with van der Waals surface area (Å²) in [5.74, 6) is 1.41. The number of carbonyl (C=O) groups is 1. The Hall–Kier alpha value is -1.65. The minimum atomic E-state index is 0.0611. The SMILES string of the molecule is COc1ccc2c(c1)Sc1cc(OC)c(Cl)cc1C(=O)C2. The third-order valence-corrected chi connectivity index (χ3v) is 4.85. The van der Waals surface area contributed by atoms with Crippen LogP contribution in [0.25, 0.3) is 0 Å². The van der Waals surface area contributed by atoms with Gasteiger partial charge in [-0.15, -0.1) is 0 Å². The molecule has 3 rings (SSSR count). The third kappa shape index (κ3) is 2.61. The van der Waals surface area contributed by atoms with E-state index in [2.05, 4.69) is 0 Å². The van der Waals surface area contributed by atoms with E-state index in [0.29, 0.717) is 22.8 Å². The van der Waals surface area contributed by atoms with E-state index < -0.39 is 0 Å². The monoisotopic (exact) mass is 320 g/mol. The fourth-order valence-corrected chi connectivity index (χ4v) is 3.66. The maximum absolute atomic E-state index is 12.4. The average Bonchev–Trinajstić information content (AvgIpc) is 2.62. The van der Waals surface area contributed by atoms with Crippen LogP contribution in [-0.4, -0.2) is 20.0 Å². The summed E-state index contributed by atoms with van der Waals surface area (Å²) in [7, 11) is 3.19. The Bertz CT molecular complexity index is 728. The molecule has 5 heteroatoms. The van der Waals surface area contributed by atoms with Crippen LogP contribution in [0.2, 0.25) is 5.02 Å². The van der Waals surface area contributed by atoms with Gasteiger partial charge in [0.25, 0.3) is 0 Å². The van der Waals surface area contributed by atoms with Crippen LogP contribution in [0.15, 0.2) is 40.1 Å².